The van der Waals surface area contributed by atoms with Gasteiger partial charge in [-0.3, -0.25) is 19.3 Å². The molecule has 0 bridgehead atoms. The summed E-state index contributed by atoms with van der Waals surface area (Å²) in [5.74, 6) is -0.401. The lowest BCUT2D eigenvalue weighted by Gasteiger charge is -2.32. The number of nitrogens with zero attached hydrogens (tertiary/aromatic N) is 4. The molecule has 2 amide bonds. The van der Waals surface area contributed by atoms with E-state index in [1.54, 1.807) is 0 Å². The molecule has 3 aliphatic heterocycles. The van der Waals surface area contributed by atoms with Gasteiger partial charge in [-0.05, 0) is 76.9 Å². The average Bonchev–Trinajstić information content (AvgIpc) is 3.56. The van der Waals surface area contributed by atoms with Crippen molar-refractivity contribution in [1.29, 1.82) is 0 Å². The lowest BCUT2D eigenvalue weighted by atomic mass is 9.84. The van der Waals surface area contributed by atoms with E-state index in [1.165, 1.54) is 0 Å². The number of piperidine rings is 1. The smallest absolute Gasteiger partial charge is 0.308 e. The van der Waals surface area contributed by atoms with E-state index < -0.39 is 11.9 Å². The van der Waals surface area contributed by atoms with Crippen LogP contribution in [-0.4, -0.2) is 115 Å². The van der Waals surface area contributed by atoms with E-state index in [0.717, 1.165) is 50.6 Å². The zero-order chi connectivity index (χ0) is 29.4. The maximum atomic E-state index is 13.7. The highest BCUT2D eigenvalue weighted by Gasteiger charge is 2.47. The molecule has 3 heterocycles. The molecule has 1 N–H and O–H groups in total. The van der Waals surface area contributed by atoms with E-state index in [1.807, 2.05) is 28.0 Å². The summed E-state index contributed by atoms with van der Waals surface area (Å²) in [7, 11) is 4.11. The predicted molar refractivity (Wildman–Crippen MR) is 156 cm³/mol. The van der Waals surface area contributed by atoms with Gasteiger partial charge in [-0.15, -0.1) is 0 Å². The Bertz CT molecular complexity index is 1050. The predicted octanol–water partition coefficient (Wildman–Crippen LogP) is 3.26. The molecule has 3 atom stereocenters. The SMILES string of the molecule is CCCCN(CCCCN(C)C)C(=O)CN1C[C@H](c2ccc3c(c2)OCO3)[C@@H](C(=O)O)[C@@H]1CCN1CCCCC1=O. The number of aliphatic carboxylic acids is 1. The fraction of sp³-hybridized carbons (Fsp3) is 0.710. The molecule has 0 unspecified atom stereocenters. The monoisotopic (exact) mass is 572 g/mol. The number of unbranched alkanes of at least 4 members (excludes halogenated alkanes) is 2. The van der Waals surface area contributed by atoms with Crippen molar-refractivity contribution >= 4 is 17.8 Å². The molecule has 41 heavy (non-hydrogen) atoms. The highest BCUT2D eigenvalue weighted by atomic mass is 16.7. The molecule has 10 heteroatoms. The molecule has 1 aromatic carbocycles. The molecule has 0 radical (unpaired) electrons. The molecule has 4 rings (SSSR count). The van der Waals surface area contributed by atoms with Crippen molar-refractivity contribution < 1.29 is 29.0 Å². The van der Waals surface area contributed by atoms with Crippen LogP contribution in [0.2, 0.25) is 0 Å². The second-order valence-corrected chi connectivity index (χ2v) is 12.0. The van der Waals surface area contributed by atoms with Crippen molar-refractivity contribution in [3.8, 4) is 11.5 Å². The van der Waals surface area contributed by atoms with E-state index >= 15 is 0 Å². The number of fused-ring (bicyclic) bond motifs is 1. The van der Waals surface area contributed by atoms with Gasteiger partial charge in [0.25, 0.3) is 0 Å². The summed E-state index contributed by atoms with van der Waals surface area (Å²) in [5.41, 5.74) is 0.877. The maximum Gasteiger partial charge on any atom is 0.308 e. The Morgan fingerprint density at radius 1 is 1.05 bits per heavy atom. The molecule has 2 fully saturated rings. The molecule has 3 aliphatic rings. The summed E-state index contributed by atoms with van der Waals surface area (Å²) < 4.78 is 11.1. The second-order valence-electron chi connectivity index (χ2n) is 12.0. The quantitative estimate of drug-likeness (QED) is 0.320. The van der Waals surface area contributed by atoms with Crippen LogP contribution in [0.3, 0.4) is 0 Å². The number of carbonyl (C=O) groups excluding carboxylic acids is 2. The van der Waals surface area contributed by atoms with Gasteiger partial charge in [0.05, 0.1) is 12.5 Å². The third-order valence-corrected chi connectivity index (χ3v) is 8.73. The fourth-order valence-electron chi connectivity index (χ4n) is 6.43. The standard InChI is InChI=1S/C31H48N4O6/c1-4-5-15-33(17-9-8-14-32(2)3)29(37)21-35-20-24(23-11-12-26-27(19-23)41-22-40-26)30(31(38)39)25(35)13-18-34-16-7-6-10-28(34)36/h11-12,19,24-25,30H,4-10,13-18,20-22H2,1-3H3,(H,38,39)/t24-,25+,30-/m1/s1. The summed E-state index contributed by atoms with van der Waals surface area (Å²) in [6.07, 6.45) is 6.86. The first kappa shape index (κ1) is 31.1. The average molecular weight is 573 g/mol. The van der Waals surface area contributed by atoms with Crippen molar-refractivity contribution in [2.45, 2.75) is 70.3 Å². The van der Waals surface area contributed by atoms with Crippen LogP contribution in [0.5, 0.6) is 11.5 Å². The van der Waals surface area contributed by atoms with Gasteiger partial charge in [0.2, 0.25) is 18.6 Å². The zero-order valence-corrected chi connectivity index (χ0v) is 25.1. The van der Waals surface area contributed by atoms with Crippen molar-refractivity contribution in [2.24, 2.45) is 5.92 Å². The topological polar surface area (TPSA) is 103 Å². The Hall–Kier alpha value is -2.85. The van der Waals surface area contributed by atoms with Gasteiger partial charge in [0.1, 0.15) is 0 Å². The van der Waals surface area contributed by atoms with Crippen molar-refractivity contribution in [3.63, 3.8) is 0 Å². The molecular weight excluding hydrogens is 524 g/mol. The molecule has 0 spiro atoms. The summed E-state index contributed by atoms with van der Waals surface area (Å²) >= 11 is 0. The van der Waals surface area contributed by atoms with Crippen LogP contribution in [0.15, 0.2) is 18.2 Å². The fourth-order valence-corrected chi connectivity index (χ4v) is 6.43. The van der Waals surface area contributed by atoms with E-state index in [9.17, 15) is 19.5 Å². The maximum absolute atomic E-state index is 13.7. The van der Waals surface area contributed by atoms with Crippen molar-refractivity contribution in [2.75, 3.05) is 66.7 Å². The molecular formula is C31H48N4O6. The number of benzene rings is 1. The van der Waals surface area contributed by atoms with Crippen molar-refractivity contribution in [1.82, 2.24) is 19.6 Å². The number of carboxylic acid groups (broad SMARTS) is 1. The van der Waals surface area contributed by atoms with Crippen LogP contribution >= 0.6 is 0 Å². The number of rotatable bonds is 15. The number of hydrogen-bond acceptors (Lipinski definition) is 7. The Morgan fingerprint density at radius 2 is 1.80 bits per heavy atom. The molecule has 1 aromatic rings. The first-order chi connectivity index (χ1) is 19.8. The van der Waals surface area contributed by atoms with E-state index in [0.29, 0.717) is 57.1 Å². The van der Waals surface area contributed by atoms with Crippen molar-refractivity contribution in [3.05, 3.63) is 23.8 Å². The van der Waals surface area contributed by atoms with Gasteiger partial charge in [-0.25, -0.2) is 0 Å². The van der Waals surface area contributed by atoms with Crippen LogP contribution in [0.1, 0.15) is 69.8 Å². The van der Waals surface area contributed by atoms with Crippen LogP contribution in [0, 0.1) is 5.92 Å². The van der Waals surface area contributed by atoms with Crippen LogP contribution in [0.4, 0.5) is 0 Å². The van der Waals surface area contributed by atoms with Gasteiger partial charge in [-0.2, -0.15) is 0 Å². The summed E-state index contributed by atoms with van der Waals surface area (Å²) in [4.78, 5) is 47.1. The number of ether oxygens (including phenoxy) is 2. The number of carbonyl (C=O) groups is 3. The number of carboxylic acids is 1. The number of hydrogen-bond donors (Lipinski definition) is 1. The van der Waals surface area contributed by atoms with Gasteiger partial charge in [0.15, 0.2) is 11.5 Å². The van der Waals surface area contributed by atoms with Crippen LogP contribution in [0.25, 0.3) is 0 Å². The molecule has 0 aromatic heterocycles. The normalized spacial score (nSPS) is 22.5. The first-order valence-corrected chi connectivity index (χ1v) is 15.3. The molecule has 228 valence electrons. The van der Waals surface area contributed by atoms with Gasteiger partial charge >= 0.3 is 5.97 Å². The highest BCUT2D eigenvalue weighted by molar-refractivity contribution is 5.79. The minimum absolute atomic E-state index is 0.0535. The Labute approximate surface area is 244 Å². The number of amides is 2. The lowest BCUT2D eigenvalue weighted by Crippen LogP contribution is -2.46. The third-order valence-electron chi connectivity index (χ3n) is 8.73. The molecule has 2 saturated heterocycles. The Kier molecular flexibility index (Phi) is 11.3. The summed E-state index contributed by atoms with van der Waals surface area (Å²) in [5, 5.41) is 10.5. The first-order valence-electron chi connectivity index (χ1n) is 15.3. The molecule has 10 nitrogen and oxygen atoms in total. The summed E-state index contributed by atoms with van der Waals surface area (Å²) in [6, 6.07) is 5.29. The molecule has 0 aliphatic carbocycles. The van der Waals surface area contributed by atoms with Crippen LogP contribution < -0.4 is 9.47 Å². The number of likely N-dealkylation sites (tertiary alicyclic amines) is 2. The van der Waals surface area contributed by atoms with E-state index in [2.05, 4.69) is 30.8 Å². The zero-order valence-electron chi connectivity index (χ0n) is 25.1. The largest absolute Gasteiger partial charge is 0.481 e. The van der Waals surface area contributed by atoms with Gasteiger partial charge in [-0.1, -0.05) is 19.4 Å². The summed E-state index contributed by atoms with van der Waals surface area (Å²) in [6.45, 7) is 6.55. The van der Waals surface area contributed by atoms with E-state index in [-0.39, 0.29) is 37.1 Å². The third kappa shape index (κ3) is 8.13. The van der Waals surface area contributed by atoms with E-state index in [4.69, 9.17) is 9.47 Å². The van der Waals surface area contributed by atoms with Gasteiger partial charge < -0.3 is 29.3 Å². The Balaban J connectivity index is 1.53. The lowest BCUT2D eigenvalue weighted by molar-refractivity contribution is -0.144. The highest BCUT2D eigenvalue weighted by Crippen LogP contribution is 2.42. The second kappa shape index (κ2) is 14.9. The minimum Gasteiger partial charge on any atom is -0.481 e. The Morgan fingerprint density at radius 3 is 2.54 bits per heavy atom. The molecule has 0 saturated carbocycles. The minimum atomic E-state index is -0.871. The van der Waals surface area contributed by atoms with Gasteiger partial charge in [0, 0.05) is 51.1 Å². The van der Waals surface area contributed by atoms with Crippen LogP contribution in [-0.2, 0) is 14.4 Å².